The molecule has 0 unspecified atom stereocenters. The molecule has 2 aromatic carbocycles. The second-order valence-electron chi connectivity index (χ2n) is 7.66. The van der Waals surface area contributed by atoms with Crippen LogP contribution in [0, 0.1) is 13.8 Å². The van der Waals surface area contributed by atoms with Gasteiger partial charge in [0, 0.05) is 19.9 Å². The lowest BCUT2D eigenvalue weighted by atomic mass is 10.2. The van der Waals surface area contributed by atoms with E-state index in [1.54, 1.807) is 24.3 Å². The third-order valence-corrected chi connectivity index (χ3v) is 5.15. The molecule has 0 aliphatic carbocycles. The van der Waals surface area contributed by atoms with Crippen LogP contribution in [0.1, 0.15) is 35.4 Å². The minimum atomic E-state index is -1.11. The van der Waals surface area contributed by atoms with Gasteiger partial charge in [-0.15, -0.1) is 0 Å². The summed E-state index contributed by atoms with van der Waals surface area (Å²) >= 11 is 0. The van der Waals surface area contributed by atoms with E-state index >= 15 is 0 Å². The summed E-state index contributed by atoms with van der Waals surface area (Å²) in [5.74, 6) is 0.985. The van der Waals surface area contributed by atoms with Gasteiger partial charge in [0.25, 0.3) is 0 Å². The van der Waals surface area contributed by atoms with Gasteiger partial charge in [0.1, 0.15) is 24.2 Å². The zero-order valence-electron chi connectivity index (χ0n) is 19.0. The fourth-order valence-electron chi connectivity index (χ4n) is 3.25. The summed E-state index contributed by atoms with van der Waals surface area (Å²) < 4.78 is 16.5. The Bertz CT molecular complexity index is 1060. The first kappa shape index (κ1) is 23.8. The molecule has 0 aliphatic rings. The molecule has 0 saturated heterocycles. The first-order valence-electron chi connectivity index (χ1n) is 10.7. The highest BCUT2D eigenvalue weighted by Gasteiger charge is 2.27. The van der Waals surface area contributed by atoms with Crippen molar-refractivity contribution in [1.82, 2.24) is 9.88 Å². The first-order chi connectivity index (χ1) is 15.8. The Kier molecular flexibility index (Phi) is 8.07. The number of carbonyl (C=O) groups excluding carboxylic acids is 1. The molecule has 1 atom stereocenters. The number of aromatic nitrogens is 1. The van der Waals surface area contributed by atoms with Gasteiger partial charge in [-0.3, -0.25) is 4.90 Å². The first-order valence-corrected chi connectivity index (χ1v) is 10.7. The molecule has 0 fully saturated rings. The highest BCUT2D eigenvalue weighted by molar-refractivity contribution is 5.79. The van der Waals surface area contributed by atoms with Gasteiger partial charge < -0.3 is 19.0 Å². The normalized spacial score (nSPS) is 11.6. The third kappa shape index (κ3) is 6.83. The second-order valence-corrected chi connectivity index (χ2v) is 7.66. The van der Waals surface area contributed by atoms with E-state index in [1.165, 1.54) is 11.8 Å². The van der Waals surface area contributed by atoms with Gasteiger partial charge in [-0.2, -0.15) is 0 Å². The summed E-state index contributed by atoms with van der Waals surface area (Å²) in [6, 6.07) is 15.4. The fraction of sp³-hybridized carbons (Fsp3) is 0.320. The van der Waals surface area contributed by atoms with Gasteiger partial charge in [-0.25, -0.2) is 14.6 Å². The van der Waals surface area contributed by atoms with Crippen molar-refractivity contribution >= 4 is 12.1 Å². The molecule has 174 valence electrons. The minimum Gasteiger partial charge on any atom is -0.493 e. The summed E-state index contributed by atoms with van der Waals surface area (Å²) in [7, 11) is 0. The van der Waals surface area contributed by atoms with Crippen LogP contribution in [0.4, 0.5) is 4.79 Å². The Labute approximate surface area is 192 Å². The number of rotatable bonds is 10. The lowest BCUT2D eigenvalue weighted by molar-refractivity contribution is -0.142. The van der Waals surface area contributed by atoms with Crippen LogP contribution in [0.2, 0.25) is 0 Å². The Morgan fingerprint density at radius 2 is 1.76 bits per heavy atom. The zero-order valence-corrected chi connectivity index (χ0v) is 19.0. The maximum atomic E-state index is 12.6. The number of aryl methyl sites for hydroxylation is 2. The molecule has 8 heteroatoms. The number of ether oxygens (including phenoxy) is 2. The third-order valence-electron chi connectivity index (χ3n) is 5.15. The molecule has 3 rings (SSSR count). The number of nitrogens with zero attached hydrogens (tertiary/aromatic N) is 2. The van der Waals surface area contributed by atoms with E-state index in [4.69, 9.17) is 13.9 Å². The van der Waals surface area contributed by atoms with Crippen LogP contribution in [-0.4, -0.2) is 39.7 Å². The Balaban J connectivity index is 1.58. The van der Waals surface area contributed by atoms with Crippen LogP contribution in [0.25, 0.3) is 0 Å². The van der Waals surface area contributed by atoms with Gasteiger partial charge in [0.2, 0.25) is 0 Å². The van der Waals surface area contributed by atoms with Gasteiger partial charge >= 0.3 is 12.1 Å². The number of aliphatic carboxylic acids is 1. The molecule has 0 bridgehead atoms. The van der Waals surface area contributed by atoms with E-state index in [0.717, 1.165) is 22.6 Å². The lowest BCUT2D eigenvalue weighted by Crippen LogP contribution is -2.43. The van der Waals surface area contributed by atoms with Gasteiger partial charge in [0.05, 0.1) is 12.3 Å². The van der Waals surface area contributed by atoms with Crippen LogP contribution < -0.4 is 4.74 Å². The van der Waals surface area contributed by atoms with Crippen LogP contribution >= 0.6 is 0 Å². The number of carbonyl (C=O) groups is 2. The average Bonchev–Trinajstić information content (AvgIpc) is 3.13. The monoisotopic (exact) mass is 452 g/mol. The molecular formula is C25H28N2O6. The molecule has 1 aromatic heterocycles. The van der Waals surface area contributed by atoms with E-state index in [2.05, 4.69) is 4.98 Å². The highest BCUT2D eigenvalue weighted by atomic mass is 16.6. The minimum absolute atomic E-state index is 0.0693. The predicted molar refractivity (Wildman–Crippen MR) is 121 cm³/mol. The Hall–Kier alpha value is -3.81. The molecular weight excluding hydrogens is 424 g/mol. The van der Waals surface area contributed by atoms with Crippen molar-refractivity contribution in [3.05, 3.63) is 83.1 Å². The number of benzene rings is 2. The summed E-state index contributed by atoms with van der Waals surface area (Å²) in [6.45, 7) is 5.75. The summed E-state index contributed by atoms with van der Waals surface area (Å²) in [6.07, 6.45) is -0.0606. The average molecular weight is 453 g/mol. The number of hydrogen-bond donors (Lipinski definition) is 1. The quantitative estimate of drug-likeness (QED) is 0.482. The number of carboxylic acid groups (broad SMARTS) is 1. The van der Waals surface area contributed by atoms with Crippen molar-refractivity contribution < 1.29 is 28.6 Å². The van der Waals surface area contributed by atoms with Crippen LogP contribution in [0.5, 0.6) is 5.75 Å². The van der Waals surface area contributed by atoms with E-state index < -0.39 is 18.1 Å². The number of amides is 1. The molecule has 3 aromatic rings. The van der Waals surface area contributed by atoms with Crippen molar-refractivity contribution in [1.29, 1.82) is 0 Å². The SMILES string of the molecule is Cc1nc(CCOc2ccc(CN(C(=O)OCc3ccccc3)[C@H](C)C(=O)O)cc2)c(C)o1. The zero-order chi connectivity index (χ0) is 23.8. The molecule has 0 saturated carbocycles. The number of hydrogen-bond acceptors (Lipinski definition) is 6. The molecule has 8 nitrogen and oxygen atoms in total. The topological polar surface area (TPSA) is 102 Å². The Morgan fingerprint density at radius 1 is 1.06 bits per heavy atom. The van der Waals surface area contributed by atoms with Crippen LogP contribution in [-0.2, 0) is 29.1 Å². The van der Waals surface area contributed by atoms with Crippen molar-refractivity contribution in [3.8, 4) is 5.75 Å². The molecule has 0 radical (unpaired) electrons. The smallest absolute Gasteiger partial charge is 0.411 e. The largest absolute Gasteiger partial charge is 0.493 e. The highest BCUT2D eigenvalue weighted by Crippen LogP contribution is 2.17. The maximum absolute atomic E-state index is 12.6. The molecule has 1 amide bonds. The van der Waals surface area contributed by atoms with E-state index in [0.29, 0.717) is 24.7 Å². The van der Waals surface area contributed by atoms with Crippen LogP contribution in [0.15, 0.2) is 59.0 Å². The molecule has 1 heterocycles. The van der Waals surface area contributed by atoms with Gasteiger partial charge in [-0.05, 0) is 37.1 Å². The van der Waals surface area contributed by atoms with Crippen molar-refractivity contribution in [2.75, 3.05) is 6.61 Å². The van der Waals surface area contributed by atoms with Crippen molar-refractivity contribution in [3.63, 3.8) is 0 Å². The summed E-state index contributed by atoms with van der Waals surface area (Å²) in [5, 5.41) is 9.44. The standard InChI is InChI=1S/C25H28N2O6/c1-17(24(28)29)27(25(30)32-16-21-7-5-4-6-8-21)15-20-9-11-22(12-10-20)31-14-13-23-18(2)33-19(3)26-23/h4-12,17H,13-16H2,1-3H3,(H,28,29)/t17-/m1/s1. The van der Waals surface area contributed by atoms with Crippen molar-refractivity contribution in [2.45, 2.75) is 46.4 Å². The van der Waals surface area contributed by atoms with Crippen molar-refractivity contribution in [2.24, 2.45) is 0 Å². The summed E-state index contributed by atoms with van der Waals surface area (Å²) in [5.41, 5.74) is 2.46. The lowest BCUT2D eigenvalue weighted by Gasteiger charge is -2.26. The number of oxazole rings is 1. The Morgan fingerprint density at radius 3 is 2.36 bits per heavy atom. The maximum Gasteiger partial charge on any atom is 0.411 e. The predicted octanol–water partition coefficient (Wildman–Crippen LogP) is 4.52. The molecule has 1 N–H and O–H groups in total. The second kappa shape index (κ2) is 11.2. The van der Waals surface area contributed by atoms with Gasteiger partial charge in [-0.1, -0.05) is 42.5 Å². The van der Waals surface area contributed by atoms with E-state index in [1.807, 2.05) is 44.2 Å². The molecule has 33 heavy (non-hydrogen) atoms. The van der Waals surface area contributed by atoms with E-state index in [-0.39, 0.29) is 13.2 Å². The van der Waals surface area contributed by atoms with Crippen LogP contribution in [0.3, 0.4) is 0 Å². The van der Waals surface area contributed by atoms with E-state index in [9.17, 15) is 14.7 Å². The number of carboxylic acids is 1. The molecule has 0 spiro atoms. The summed E-state index contributed by atoms with van der Waals surface area (Å²) in [4.78, 5) is 29.7. The van der Waals surface area contributed by atoms with Gasteiger partial charge in [0.15, 0.2) is 5.89 Å². The molecule has 0 aliphatic heterocycles. The fourth-order valence-corrected chi connectivity index (χ4v) is 3.25.